The lowest BCUT2D eigenvalue weighted by atomic mass is 10.1. The van der Waals surface area contributed by atoms with Crippen molar-refractivity contribution in [2.45, 2.75) is 19.9 Å². The highest BCUT2D eigenvalue weighted by molar-refractivity contribution is 6.05. The zero-order valence-electron chi connectivity index (χ0n) is 18.7. The van der Waals surface area contributed by atoms with Crippen molar-refractivity contribution in [1.29, 1.82) is 0 Å². The molecular formula is C25H29N3O3. The lowest BCUT2D eigenvalue weighted by Gasteiger charge is -2.20. The van der Waals surface area contributed by atoms with Crippen molar-refractivity contribution >= 4 is 11.6 Å². The van der Waals surface area contributed by atoms with Gasteiger partial charge in [-0.1, -0.05) is 24.3 Å². The monoisotopic (exact) mass is 419 g/mol. The van der Waals surface area contributed by atoms with Gasteiger partial charge < -0.3 is 19.5 Å². The summed E-state index contributed by atoms with van der Waals surface area (Å²) in [5.41, 5.74) is 3.27. The van der Waals surface area contributed by atoms with E-state index in [4.69, 9.17) is 4.74 Å². The van der Waals surface area contributed by atoms with Crippen molar-refractivity contribution in [2.24, 2.45) is 0 Å². The summed E-state index contributed by atoms with van der Waals surface area (Å²) < 4.78 is 6.81. The van der Waals surface area contributed by atoms with Crippen LogP contribution in [-0.2, 0) is 0 Å². The van der Waals surface area contributed by atoms with E-state index in [1.54, 1.807) is 24.8 Å². The van der Waals surface area contributed by atoms with Crippen molar-refractivity contribution in [3.63, 3.8) is 0 Å². The molecule has 3 aromatic rings. The van der Waals surface area contributed by atoms with Crippen LogP contribution in [0.15, 0.2) is 65.6 Å². The molecular weight excluding hydrogens is 390 g/mol. The Kier molecular flexibility index (Phi) is 6.92. The highest BCUT2D eigenvalue weighted by Crippen LogP contribution is 2.24. The number of aryl methyl sites for hydroxylation is 1. The second-order valence-electron chi connectivity index (χ2n) is 7.96. The summed E-state index contributed by atoms with van der Waals surface area (Å²) in [4.78, 5) is 28.0. The molecule has 1 N–H and O–H groups in total. The highest BCUT2D eigenvalue weighted by atomic mass is 16.5. The molecule has 0 fully saturated rings. The van der Waals surface area contributed by atoms with Gasteiger partial charge in [0.15, 0.2) is 0 Å². The molecule has 0 bridgehead atoms. The van der Waals surface area contributed by atoms with Crippen LogP contribution in [0.3, 0.4) is 0 Å². The Morgan fingerprint density at radius 1 is 1.03 bits per heavy atom. The standard InChI is InChI=1S/C25H29N3O3/c1-17-14-15-28(18(2)16-27(3)4)25(30)23(17)24(29)26-21-10-6-19(7-11-21)20-8-12-22(31-5)13-9-20/h6-15,18H,16H2,1-5H3,(H,26,29). The lowest BCUT2D eigenvalue weighted by molar-refractivity contribution is 0.102. The molecule has 6 nitrogen and oxygen atoms in total. The van der Waals surface area contributed by atoms with Crippen molar-refractivity contribution in [3.8, 4) is 16.9 Å². The lowest BCUT2D eigenvalue weighted by Crippen LogP contribution is -2.34. The molecule has 1 unspecified atom stereocenters. The molecule has 1 heterocycles. The molecule has 0 aliphatic rings. The number of hydrogen-bond donors (Lipinski definition) is 1. The Bertz CT molecular complexity index is 1100. The van der Waals surface area contributed by atoms with Gasteiger partial charge >= 0.3 is 0 Å². The summed E-state index contributed by atoms with van der Waals surface area (Å²) in [6.45, 7) is 4.46. The van der Waals surface area contributed by atoms with Crippen LogP contribution < -0.4 is 15.6 Å². The SMILES string of the molecule is COc1ccc(-c2ccc(NC(=O)c3c(C)ccn(C(C)CN(C)C)c3=O)cc2)cc1. The minimum absolute atomic E-state index is 0.0431. The van der Waals surface area contributed by atoms with E-state index in [0.717, 1.165) is 16.9 Å². The number of carbonyl (C=O) groups is 1. The van der Waals surface area contributed by atoms with Gasteiger partial charge in [0.05, 0.1) is 7.11 Å². The summed E-state index contributed by atoms with van der Waals surface area (Å²) in [7, 11) is 5.55. The number of hydrogen-bond acceptors (Lipinski definition) is 4. The number of amides is 1. The molecule has 2 aromatic carbocycles. The summed E-state index contributed by atoms with van der Waals surface area (Å²) in [5.74, 6) is 0.405. The van der Waals surface area contributed by atoms with E-state index in [1.165, 1.54) is 0 Å². The van der Waals surface area contributed by atoms with Gasteiger partial charge in [-0.05, 0) is 75.0 Å². The van der Waals surface area contributed by atoms with Crippen LogP contribution in [-0.4, -0.2) is 43.1 Å². The molecule has 1 atom stereocenters. The second kappa shape index (κ2) is 9.62. The molecule has 6 heteroatoms. The summed E-state index contributed by atoms with van der Waals surface area (Å²) >= 11 is 0. The molecule has 1 aromatic heterocycles. The Morgan fingerprint density at radius 3 is 2.16 bits per heavy atom. The van der Waals surface area contributed by atoms with Gasteiger partial charge in [0.1, 0.15) is 11.3 Å². The quantitative estimate of drug-likeness (QED) is 0.623. The average Bonchev–Trinajstić information content (AvgIpc) is 2.74. The Labute approximate surface area is 183 Å². The Hall–Kier alpha value is -3.38. The van der Waals surface area contributed by atoms with E-state index < -0.39 is 5.91 Å². The smallest absolute Gasteiger partial charge is 0.263 e. The maximum atomic E-state index is 13.0. The van der Waals surface area contributed by atoms with Crippen molar-refractivity contribution in [3.05, 3.63) is 82.3 Å². The van der Waals surface area contributed by atoms with Crippen LogP contribution in [0, 0.1) is 6.92 Å². The first-order valence-electron chi connectivity index (χ1n) is 10.2. The van der Waals surface area contributed by atoms with Crippen molar-refractivity contribution in [2.75, 3.05) is 33.1 Å². The molecule has 0 aliphatic carbocycles. The molecule has 31 heavy (non-hydrogen) atoms. The first-order valence-corrected chi connectivity index (χ1v) is 10.2. The molecule has 3 rings (SSSR count). The fourth-order valence-electron chi connectivity index (χ4n) is 3.60. The number of pyridine rings is 1. The van der Waals surface area contributed by atoms with Crippen LogP contribution in [0.1, 0.15) is 28.9 Å². The number of rotatable bonds is 7. The molecule has 162 valence electrons. The number of nitrogens with zero attached hydrogens (tertiary/aromatic N) is 2. The van der Waals surface area contributed by atoms with Crippen LogP contribution in [0.25, 0.3) is 11.1 Å². The maximum absolute atomic E-state index is 13.0. The fourth-order valence-corrected chi connectivity index (χ4v) is 3.60. The summed E-state index contributed by atoms with van der Waals surface area (Å²) in [6.07, 6.45) is 1.76. The van der Waals surface area contributed by atoms with Gasteiger partial charge in [-0.15, -0.1) is 0 Å². The van der Waals surface area contributed by atoms with Gasteiger partial charge in [0.25, 0.3) is 11.5 Å². The molecule has 0 aliphatic heterocycles. The highest BCUT2D eigenvalue weighted by Gasteiger charge is 2.18. The van der Waals surface area contributed by atoms with Crippen LogP contribution >= 0.6 is 0 Å². The third-order valence-corrected chi connectivity index (χ3v) is 5.23. The van der Waals surface area contributed by atoms with Crippen LogP contribution in [0.2, 0.25) is 0 Å². The zero-order valence-corrected chi connectivity index (χ0v) is 18.7. The van der Waals surface area contributed by atoms with Crippen LogP contribution in [0.5, 0.6) is 5.75 Å². The number of ether oxygens (including phenoxy) is 1. The van der Waals surface area contributed by atoms with E-state index >= 15 is 0 Å². The molecule has 1 amide bonds. The van der Waals surface area contributed by atoms with E-state index in [2.05, 4.69) is 5.32 Å². The minimum Gasteiger partial charge on any atom is -0.497 e. The predicted molar refractivity (Wildman–Crippen MR) is 125 cm³/mol. The van der Waals surface area contributed by atoms with Gasteiger partial charge in [-0.25, -0.2) is 0 Å². The number of likely N-dealkylation sites (N-methyl/N-ethyl adjacent to an activating group) is 1. The number of methoxy groups -OCH3 is 1. The Balaban J connectivity index is 1.80. The van der Waals surface area contributed by atoms with Crippen molar-refractivity contribution < 1.29 is 9.53 Å². The van der Waals surface area contributed by atoms with Crippen LogP contribution in [0.4, 0.5) is 5.69 Å². The molecule has 0 spiro atoms. The molecule has 0 saturated heterocycles. The number of anilines is 1. The molecule has 0 radical (unpaired) electrons. The first kappa shape index (κ1) is 22.3. The predicted octanol–water partition coefficient (Wildman–Crippen LogP) is 4.21. The third kappa shape index (κ3) is 5.22. The normalized spacial score (nSPS) is 11.9. The maximum Gasteiger partial charge on any atom is 0.263 e. The van der Waals surface area contributed by atoms with E-state index in [-0.39, 0.29) is 17.2 Å². The largest absolute Gasteiger partial charge is 0.497 e. The fraction of sp³-hybridized carbons (Fsp3) is 0.280. The van der Waals surface area contributed by atoms with Gasteiger partial charge in [0, 0.05) is 24.5 Å². The molecule has 0 saturated carbocycles. The second-order valence-corrected chi connectivity index (χ2v) is 7.96. The number of aromatic nitrogens is 1. The van der Waals surface area contributed by atoms with Gasteiger partial charge in [-0.2, -0.15) is 0 Å². The zero-order chi connectivity index (χ0) is 22.5. The van der Waals surface area contributed by atoms with E-state index in [0.29, 0.717) is 17.8 Å². The summed E-state index contributed by atoms with van der Waals surface area (Å²) in [5, 5.41) is 2.86. The van der Waals surface area contributed by atoms with Gasteiger partial charge in [-0.3, -0.25) is 9.59 Å². The Morgan fingerprint density at radius 2 is 1.61 bits per heavy atom. The minimum atomic E-state index is -0.397. The van der Waals surface area contributed by atoms with E-state index in [9.17, 15) is 9.59 Å². The number of benzene rings is 2. The first-order chi connectivity index (χ1) is 14.8. The summed E-state index contributed by atoms with van der Waals surface area (Å²) in [6, 6.07) is 17.1. The topological polar surface area (TPSA) is 63.6 Å². The van der Waals surface area contributed by atoms with E-state index in [1.807, 2.05) is 80.5 Å². The number of nitrogens with one attached hydrogen (secondary N) is 1. The van der Waals surface area contributed by atoms with Gasteiger partial charge in [0.2, 0.25) is 0 Å². The van der Waals surface area contributed by atoms with Crippen molar-refractivity contribution in [1.82, 2.24) is 9.47 Å². The third-order valence-electron chi connectivity index (χ3n) is 5.23. The number of carbonyl (C=O) groups excluding carboxylic acids is 1. The average molecular weight is 420 g/mol.